The second-order valence-electron chi connectivity index (χ2n) is 7.66. The van der Waals surface area contributed by atoms with Crippen molar-refractivity contribution in [1.82, 2.24) is 0 Å². The standard InChI is InChI=1S/C15H29NO4.ClH/c1-14(2,3)9(7-8-10(17)18)11(15(4,5)6)12(16)13(19)20;/h9,11-12H,7-8,16H2,1-6H3,(H,17,18)(H,19,20);1H. The summed E-state index contributed by atoms with van der Waals surface area (Å²) in [4.78, 5) is 22.2. The molecule has 0 aliphatic rings. The number of carboxylic acids is 2. The lowest BCUT2D eigenvalue weighted by atomic mass is 9.60. The third-order valence-electron chi connectivity index (χ3n) is 3.89. The normalized spacial score (nSPS) is 16.5. The molecule has 0 fully saturated rings. The van der Waals surface area contributed by atoms with E-state index in [-0.39, 0.29) is 41.5 Å². The molecule has 0 heterocycles. The van der Waals surface area contributed by atoms with Crippen LogP contribution in [0.3, 0.4) is 0 Å². The first-order valence-corrected chi connectivity index (χ1v) is 6.98. The highest BCUT2D eigenvalue weighted by molar-refractivity contribution is 5.85. The summed E-state index contributed by atoms with van der Waals surface area (Å²) in [7, 11) is 0. The first kappa shape index (κ1) is 22.5. The van der Waals surface area contributed by atoms with E-state index >= 15 is 0 Å². The predicted molar refractivity (Wildman–Crippen MR) is 85.6 cm³/mol. The molecule has 0 amide bonds. The molecule has 126 valence electrons. The van der Waals surface area contributed by atoms with Crippen molar-refractivity contribution in [2.45, 2.75) is 60.4 Å². The first-order valence-electron chi connectivity index (χ1n) is 6.98. The number of hydrogen-bond donors (Lipinski definition) is 3. The number of carboxylic acid groups (broad SMARTS) is 2. The molecule has 0 aliphatic heterocycles. The fraction of sp³-hybridized carbons (Fsp3) is 0.867. The Kier molecular flexibility index (Phi) is 8.55. The average molecular weight is 324 g/mol. The zero-order valence-electron chi connectivity index (χ0n) is 13.8. The summed E-state index contributed by atoms with van der Waals surface area (Å²) < 4.78 is 0. The van der Waals surface area contributed by atoms with Crippen LogP contribution < -0.4 is 5.73 Å². The minimum absolute atomic E-state index is 0. The number of nitrogens with two attached hydrogens (primary N) is 1. The maximum absolute atomic E-state index is 11.3. The van der Waals surface area contributed by atoms with Crippen molar-refractivity contribution in [3.8, 4) is 0 Å². The Morgan fingerprint density at radius 3 is 1.67 bits per heavy atom. The minimum atomic E-state index is -1.03. The van der Waals surface area contributed by atoms with E-state index in [0.29, 0.717) is 6.42 Å². The number of carbonyl (C=O) groups is 2. The monoisotopic (exact) mass is 323 g/mol. The number of halogens is 1. The second-order valence-corrected chi connectivity index (χ2v) is 7.66. The summed E-state index contributed by atoms with van der Waals surface area (Å²) in [5.41, 5.74) is 5.38. The number of hydrogen-bond acceptors (Lipinski definition) is 3. The third-order valence-corrected chi connectivity index (χ3v) is 3.89. The Morgan fingerprint density at radius 2 is 1.43 bits per heavy atom. The van der Waals surface area contributed by atoms with Gasteiger partial charge in [0.1, 0.15) is 6.04 Å². The highest BCUT2D eigenvalue weighted by Crippen LogP contribution is 2.45. The van der Waals surface area contributed by atoms with Gasteiger partial charge in [0.15, 0.2) is 0 Å². The Hall–Kier alpha value is -0.810. The summed E-state index contributed by atoms with van der Waals surface area (Å²) in [5, 5.41) is 18.2. The fourth-order valence-electron chi connectivity index (χ4n) is 2.98. The van der Waals surface area contributed by atoms with E-state index in [9.17, 15) is 14.7 Å². The topological polar surface area (TPSA) is 101 Å². The Bertz CT molecular complexity index is 358. The van der Waals surface area contributed by atoms with Gasteiger partial charge in [-0.25, -0.2) is 0 Å². The quantitative estimate of drug-likeness (QED) is 0.697. The van der Waals surface area contributed by atoms with Crippen molar-refractivity contribution in [3.63, 3.8) is 0 Å². The van der Waals surface area contributed by atoms with Crippen molar-refractivity contribution >= 4 is 24.3 Å². The Morgan fingerprint density at radius 1 is 1.00 bits per heavy atom. The first-order chi connectivity index (χ1) is 8.78. The van der Waals surface area contributed by atoms with Gasteiger partial charge in [-0.2, -0.15) is 0 Å². The predicted octanol–water partition coefficient (Wildman–Crippen LogP) is 3.01. The Labute approximate surface area is 133 Å². The number of rotatable bonds is 6. The van der Waals surface area contributed by atoms with Gasteiger partial charge in [-0.15, -0.1) is 12.4 Å². The molecule has 4 N–H and O–H groups in total. The average Bonchev–Trinajstić information content (AvgIpc) is 2.18. The summed E-state index contributed by atoms with van der Waals surface area (Å²) in [6, 6.07) is -0.993. The lowest BCUT2D eigenvalue weighted by Gasteiger charge is -2.45. The van der Waals surface area contributed by atoms with E-state index in [1.807, 2.05) is 41.5 Å². The van der Waals surface area contributed by atoms with Crippen molar-refractivity contribution in [3.05, 3.63) is 0 Å². The van der Waals surface area contributed by atoms with Crippen molar-refractivity contribution in [1.29, 1.82) is 0 Å². The van der Waals surface area contributed by atoms with E-state index in [0.717, 1.165) is 0 Å². The van der Waals surface area contributed by atoms with Gasteiger partial charge in [0.25, 0.3) is 0 Å². The van der Waals surface area contributed by atoms with Crippen LogP contribution in [-0.4, -0.2) is 28.2 Å². The molecule has 0 aromatic carbocycles. The van der Waals surface area contributed by atoms with Crippen molar-refractivity contribution < 1.29 is 19.8 Å². The van der Waals surface area contributed by atoms with E-state index in [1.54, 1.807) is 0 Å². The van der Waals surface area contributed by atoms with Crippen LogP contribution in [0.4, 0.5) is 0 Å². The lowest BCUT2D eigenvalue weighted by Crippen LogP contribution is -2.50. The smallest absolute Gasteiger partial charge is 0.320 e. The van der Waals surface area contributed by atoms with Gasteiger partial charge in [-0.05, 0) is 29.1 Å². The molecule has 6 heteroatoms. The van der Waals surface area contributed by atoms with Gasteiger partial charge in [-0.3, -0.25) is 9.59 Å². The van der Waals surface area contributed by atoms with E-state index in [4.69, 9.17) is 10.8 Å². The van der Waals surface area contributed by atoms with Gasteiger partial charge < -0.3 is 15.9 Å². The van der Waals surface area contributed by atoms with Gasteiger partial charge in [0, 0.05) is 6.42 Å². The fourth-order valence-corrected chi connectivity index (χ4v) is 2.98. The van der Waals surface area contributed by atoms with Gasteiger partial charge >= 0.3 is 11.9 Å². The molecule has 0 saturated heterocycles. The van der Waals surface area contributed by atoms with Crippen LogP contribution in [0, 0.1) is 22.7 Å². The zero-order chi connectivity index (χ0) is 16.3. The van der Waals surface area contributed by atoms with Crippen LogP contribution in [0.25, 0.3) is 0 Å². The van der Waals surface area contributed by atoms with Crippen LogP contribution in [-0.2, 0) is 9.59 Å². The molecule has 0 spiro atoms. The van der Waals surface area contributed by atoms with Crippen molar-refractivity contribution in [2.24, 2.45) is 28.4 Å². The molecule has 0 aromatic heterocycles. The molecule has 21 heavy (non-hydrogen) atoms. The minimum Gasteiger partial charge on any atom is -0.481 e. The van der Waals surface area contributed by atoms with Crippen LogP contribution in [0.15, 0.2) is 0 Å². The molecule has 0 saturated carbocycles. The summed E-state index contributed by atoms with van der Waals surface area (Å²) in [5.74, 6) is -2.27. The van der Waals surface area contributed by atoms with Gasteiger partial charge in [-0.1, -0.05) is 41.5 Å². The maximum Gasteiger partial charge on any atom is 0.320 e. The van der Waals surface area contributed by atoms with Crippen LogP contribution in [0.5, 0.6) is 0 Å². The van der Waals surface area contributed by atoms with E-state index in [2.05, 4.69) is 0 Å². The molecule has 0 bridgehead atoms. The van der Waals surface area contributed by atoms with E-state index in [1.165, 1.54) is 0 Å². The van der Waals surface area contributed by atoms with Gasteiger partial charge in [0.2, 0.25) is 0 Å². The third kappa shape index (κ3) is 7.14. The largest absolute Gasteiger partial charge is 0.481 e. The highest BCUT2D eigenvalue weighted by atomic mass is 35.5. The molecule has 0 radical (unpaired) electrons. The molecule has 3 atom stereocenters. The molecular formula is C15H30ClNO4. The van der Waals surface area contributed by atoms with Crippen LogP contribution in [0.1, 0.15) is 54.4 Å². The highest BCUT2D eigenvalue weighted by Gasteiger charge is 2.44. The van der Waals surface area contributed by atoms with Crippen LogP contribution >= 0.6 is 12.4 Å². The molecule has 0 aromatic rings. The number of aliphatic carboxylic acids is 2. The summed E-state index contributed by atoms with van der Waals surface area (Å²) >= 11 is 0. The SMILES string of the molecule is CC(C)(C)C(CCC(=O)O)C(C(N)C(=O)O)C(C)(C)C.Cl. The maximum atomic E-state index is 11.3. The second kappa shape index (κ2) is 7.99. The Balaban J connectivity index is 0. The van der Waals surface area contributed by atoms with E-state index < -0.39 is 18.0 Å². The molecule has 5 nitrogen and oxygen atoms in total. The van der Waals surface area contributed by atoms with Gasteiger partial charge in [0.05, 0.1) is 0 Å². The molecular weight excluding hydrogens is 294 g/mol. The molecule has 0 rings (SSSR count). The zero-order valence-corrected chi connectivity index (χ0v) is 14.7. The van der Waals surface area contributed by atoms with Crippen LogP contribution in [0.2, 0.25) is 0 Å². The lowest BCUT2D eigenvalue weighted by molar-refractivity contribution is -0.143. The van der Waals surface area contributed by atoms with Crippen molar-refractivity contribution in [2.75, 3.05) is 0 Å². The summed E-state index contributed by atoms with van der Waals surface area (Å²) in [6.07, 6.45) is 0.461. The molecule has 0 aliphatic carbocycles. The molecule has 3 unspecified atom stereocenters. The summed E-state index contributed by atoms with van der Waals surface area (Å²) in [6.45, 7) is 11.9.